The first-order chi connectivity index (χ1) is 8.76. The van der Waals surface area contributed by atoms with E-state index in [0.29, 0.717) is 17.9 Å². The zero-order valence-corrected chi connectivity index (χ0v) is 12.1. The number of nitrogens with two attached hydrogens (primary N) is 1. The molecule has 104 valence electrons. The Kier molecular flexibility index (Phi) is 4.59. The molecule has 0 atom stereocenters. The summed E-state index contributed by atoms with van der Waals surface area (Å²) in [5.41, 5.74) is 7.64. The number of benzene rings is 1. The highest BCUT2D eigenvalue weighted by Crippen LogP contribution is 2.27. The molecule has 1 rings (SSSR count). The van der Waals surface area contributed by atoms with Gasteiger partial charge in [0, 0.05) is 6.54 Å². The molecule has 4 nitrogen and oxygen atoms in total. The fraction of sp³-hybridized carbons (Fsp3) is 0.400. The Morgan fingerprint density at radius 2 is 2.11 bits per heavy atom. The van der Waals surface area contributed by atoms with Crippen LogP contribution in [-0.4, -0.2) is 18.2 Å². The first-order valence-corrected chi connectivity index (χ1v) is 6.23. The molecule has 0 fully saturated rings. The van der Waals surface area contributed by atoms with Crippen LogP contribution in [0.4, 0.5) is 16.2 Å². The van der Waals surface area contributed by atoms with Gasteiger partial charge in [-0.15, -0.1) is 6.58 Å². The van der Waals surface area contributed by atoms with Gasteiger partial charge >= 0.3 is 6.09 Å². The van der Waals surface area contributed by atoms with E-state index in [9.17, 15) is 4.79 Å². The summed E-state index contributed by atoms with van der Waals surface area (Å²) >= 11 is 0. The van der Waals surface area contributed by atoms with Crippen LogP contribution in [0.3, 0.4) is 0 Å². The smallest absolute Gasteiger partial charge is 0.415 e. The van der Waals surface area contributed by atoms with Crippen molar-refractivity contribution >= 4 is 17.5 Å². The molecule has 0 aliphatic rings. The van der Waals surface area contributed by atoms with E-state index in [1.54, 1.807) is 12.1 Å². The van der Waals surface area contributed by atoms with Crippen molar-refractivity contribution in [1.82, 2.24) is 0 Å². The van der Waals surface area contributed by atoms with E-state index in [1.807, 2.05) is 39.8 Å². The molecule has 19 heavy (non-hydrogen) atoms. The highest BCUT2D eigenvalue weighted by Gasteiger charge is 2.24. The number of nitrogens with zero attached hydrogens (tertiary/aromatic N) is 1. The van der Waals surface area contributed by atoms with Gasteiger partial charge in [-0.1, -0.05) is 18.2 Å². The van der Waals surface area contributed by atoms with Gasteiger partial charge < -0.3 is 10.5 Å². The lowest BCUT2D eigenvalue weighted by molar-refractivity contribution is 0.0584. The van der Waals surface area contributed by atoms with Crippen molar-refractivity contribution in [2.45, 2.75) is 33.3 Å². The number of anilines is 2. The minimum Gasteiger partial charge on any atom is -0.443 e. The average molecular weight is 262 g/mol. The molecule has 0 saturated carbocycles. The molecule has 0 heterocycles. The lowest BCUT2D eigenvalue weighted by Crippen LogP contribution is -2.37. The number of aryl methyl sites for hydroxylation is 1. The second-order valence-electron chi connectivity index (χ2n) is 5.39. The molecule has 1 aromatic carbocycles. The van der Waals surface area contributed by atoms with Crippen molar-refractivity contribution in [3.05, 3.63) is 36.4 Å². The molecule has 0 saturated heterocycles. The van der Waals surface area contributed by atoms with Crippen LogP contribution in [-0.2, 0) is 4.74 Å². The lowest BCUT2D eigenvalue weighted by Gasteiger charge is -2.27. The van der Waals surface area contributed by atoms with Crippen molar-refractivity contribution in [3.63, 3.8) is 0 Å². The van der Waals surface area contributed by atoms with Gasteiger partial charge in [0.1, 0.15) is 5.60 Å². The number of nitrogen functional groups attached to an aromatic ring is 1. The third-order valence-electron chi connectivity index (χ3n) is 2.52. The SMILES string of the molecule is C=CCN(C(=O)OC(C)(C)C)c1cccc(C)c1N. The number of amides is 1. The van der Waals surface area contributed by atoms with Gasteiger partial charge in [0.2, 0.25) is 0 Å². The average Bonchev–Trinajstić information content (AvgIpc) is 2.28. The fourth-order valence-corrected chi connectivity index (χ4v) is 1.62. The summed E-state index contributed by atoms with van der Waals surface area (Å²) in [7, 11) is 0. The number of para-hydroxylation sites is 1. The standard InChI is InChI=1S/C15H22N2O2/c1-6-10-17(14(18)19-15(3,4)5)12-9-7-8-11(2)13(12)16/h6-9H,1,10,16H2,2-5H3. The van der Waals surface area contributed by atoms with E-state index in [1.165, 1.54) is 4.90 Å². The highest BCUT2D eigenvalue weighted by molar-refractivity contribution is 5.92. The molecule has 0 aliphatic heterocycles. The number of hydrogen-bond donors (Lipinski definition) is 1. The quantitative estimate of drug-likeness (QED) is 0.670. The Balaban J connectivity index is 3.10. The summed E-state index contributed by atoms with van der Waals surface area (Å²) in [4.78, 5) is 13.7. The Morgan fingerprint density at radius 3 is 2.63 bits per heavy atom. The van der Waals surface area contributed by atoms with E-state index < -0.39 is 11.7 Å². The summed E-state index contributed by atoms with van der Waals surface area (Å²) in [6.45, 7) is 11.4. The lowest BCUT2D eigenvalue weighted by atomic mass is 10.1. The summed E-state index contributed by atoms with van der Waals surface area (Å²) in [6.07, 6.45) is 1.22. The number of carbonyl (C=O) groups excluding carboxylic acids is 1. The number of carbonyl (C=O) groups is 1. The molecule has 2 N–H and O–H groups in total. The topological polar surface area (TPSA) is 55.6 Å². The van der Waals surface area contributed by atoms with E-state index >= 15 is 0 Å². The minimum atomic E-state index is -0.547. The van der Waals surface area contributed by atoms with Crippen molar-refractivity contribution in [2.75, 3.05) is 17.2 Å². The van der Waals surface area contributed by atoms with Crippen LogP contribution >= 0.6 is 0 Å². The normalized spacial score (nSPS) is 10.9. The number of ether oxygens (including phenoxy) is 1. The number of rotatable bonds is 3. The van der Waals surface area contributed by atoms with Crippen LogP contribution in [0.2, 0.25) is 0 Å². The van der Waals surface area contributed by atoms with Gasteiger partial charge in [-0.3, -0.25) is 4.90 Å². The minimum absolute atomic E-state index is 0.350. The second-order valence-corrected chi connectivity index (χ2v) is 5.39. The molecule has 1 aromatic rings. The van der Waals surface area contributed by atoms with E-state index in [2.05, 4.69) is 6.58 Å². The fourth-order valence-electron chi connectivity index (χ4n) is 1.62. The van der Waals surface area contributed by atoms with Crippen LogP contribution < -0.4 is 10.6 Å². The van der Waals surface area contributed by atoms with E-state index in [0.717, 1.165) is 5.56 Å². The maximum Gasteiger partial charge on any atom is 0.415 e. The maximum absolute atomic E-state index is 12.2. The molecule has 0 aliphatic carbocycles. The van der Waals surface area contributed by atoms with Gasteiger partial charge in [-0.2, -0.15) is 0 Å². The Labute approximate surface area is 114 Å². The van der Waals surface area contributed by atoms with Crippen LogP contribution in [0.15, 0.2) is 30.9 Å². The van der Waals surface area contributed by atoms with Gasteiger partial charge in [0.05, 0.1) is 11.4 Å². The van der Waals surface area contributed by atoms with Crippen LogP contribution in [0.5, 0.6) is 0 Å². The Morgan fingerprint density at radius 1 is 1.47 bits per heavy atom. The third-order valence-corrected chi connectivity index (χ3v) is 2.52. The zero-order valence-electron chi connectivity index (χ0n) is 12.1. The number of hydrogen-bond acceptors (Lipinski definition) is 3. The highest BCUT2D eigenvalue weighted by atomic mass is 16.6. The Bertz CT molecular complexity index is 476. The van der Waals surface area contributed by atoms with Gasteiger partial charge in [-0.25, -0.2) is 4.79 Å². The predicted molar refractivity (Wildman–Crippen MR) is 79.4 cm³/mol. The summed E-state index contributed by atoms with van der Waals surface area (Å²) < 4.78 is 5.39. The predicted octanol–water partition coefficient (Wildman–Crippen LogP) is 3.50. The van der Waals surface area contributed by atoms with Crippen molar-refractivity contribution in [3.8, 4) is 0 Å². The summed E-state index contributed by atoms with van der Waals surface area (Å²) in [6, 6.07) is 5.57. The zero-order chi connectivity index (χ0) is 14.6. The molecular formula is C15H22N2O2. The molecular weight excluding hydrogens is 240 g/mol. The second kappa shape index (κ2) is 5.78. The van der Waals surface area contributed by atoms with Gasteiger partial charge in [0.15, 0.2) is 0 Å². The first-order valence-electron chi connectivity index (χ1n) is 6.23. The molecule has 0 spiro atoms. The molecule has 0 aromatic heterocycles. The molecule has 4 heteroatoms. The molecule has 0 unspecified atom stereocenters. The van der Waals surface area contributed by atoms with E-state index in [4.69, 9.17) is 10.5 Å². The van der Waals surface area contributed by atoms with E-state index in [-0.39, 0.29) is 0 Å². The molecule has 0 bridgehead atoms. The maximum atomic E-state index is 12.2. The van der Waals surface area contributed by atoms with Gasteiger partial charge in [0.25, 0.3) is 0 Å². The van der Waals surface area contributed by atoms with Crippen LogP contribution in [0.25, 0.3) is 0 Å². The van der Waals surface area contributed by atoms with Crippen LogP contribution in [0.1, 0.15) is 26.3 Å². The van der Waals surface area contributed by atoms with Crippen molar-refractivity contribution in [1.29, 1.82) is 0 Å². The Hall–Kier alpha value is -1.97. The monoisotopic (exact) mass is 262 g/mol. The van der Waals surface area contributed by atoms with Crippen LogP contribution in [0, 0.1) is 6.92 Å². The largest absolute Gasteiger partial charge is 0.443 e. The van der Waals surface area contributed by atoms with Crippen molar-refractivity contribution in [2.24, 2.45) is 0 Å². The summed E-state index contributed by atoms with van der Waals surface area (Å²) in [5.74, 6) is 0. The summed E-state index contributed by atoms with van der Waals surface area (Å²) in [5, 5.41) is 0. The molecule has 0 radical (unpaired) electrons. The van der Waals surface area contributed by atoms with Gasteiger partial charge in [-0.05, 0) is 39.3 Å². The molecule has 1 amide bonds. The first kappa shape index (κ1) is 15.1. The van der Waals surface area contributed by atoms with Crippen molar-refractivity contribution < 1.29 is 9.53 Å². The third kappa shape index (κ3) is 4.02.